The molecule has 0 spiro atoms. The van der Waals surface area contributed by atoms with Gasteiger partial charge < -0.3 is 5.11 Å². The third kappa shape index (κ3) is 0.844. The van der Waals surface area contributed by atoms with Gasteiger partial charge in [-0.3, -0.25) is 9.59 Å². The molecule has 0 aromatic carbocycles. The molecule has 1 N–H and O–H groups in total. The third-order valence-electron chi connectivity index (χ3n) is 3.46. The van der Waals surface area contributed by atoms with E-state index in [1.807, 2.05) is 0 Å². The van der Waals surface area contributed by atoms with E-state index >= 15 is 0 Å². The zero-order valence-corrected chi connectivity index (χ0v) is 7.32. The van der Waals surface area contributed by atoms with Gasteiger partial charge in [0.25, 0.3) is 0 Å². The van der Waals surface area contributed by atoms with Gasteiger partial charge in [-0.15, -0.1) is 6.58 Å². The van der Waals surface area contributed by atoms with Crippen LogP contribution in [0.15, 0.2) is 12.7 Å². The summed E-state index contributed by atoms with van der Waals surface area (Å²) in [6.07, 6.45) is 3.51. The van der Waals surface area contributed by atoms with Crippen LogP contribution >= 0.6 is 0 Å². The van der Waals surface area contributed by atoms with Crippen LogP contribution in [0.25, 0.3) is 0 Å². The van der Waals surface area contributed by atoms with E-state index in [1.165, 1.54) is 0 Å². The number of carboxylic acids is 1. The van der Waals surface area contributed by atoms with E-state index in [9.17, 15) is 9.59 Å². The van der Waals surface area contributed by atoms with Crippen LogP contribution in [0.5, 0.6) is 0 Å². The van der Waals surface area contributed by atoms with Crippen molar-refractivity contribution in [2.45, 2.75) is 19.3 Å². The van der Waals surface area contributed by atoms with Crippen molar-refractivity contribution in [3.63, 3.8) is 0 Å². The van der Waals surface area contributed by atoms with Crippen LogP contribution in [0.4, 0.5) is 0 Å². The van der Waals surface area contributed by atoms with Crippen LogP contribution in [0, 0.1) is 17.3 Å². The second-order valence-corrected chi connectivity index (χ2v) is 3.92. The van der Waals surface area contributed by atoms with E-state index in [1.54, 1.807) is 6.08 Å². The normalized spacial score (nSPS) is 41.4. The fourth-order valence-electron chi connectivity index (χ4n) is 2.87. The topological polar surface area (TPSA) is 54.4 Å². The molecule has 70 valence electrons. The van der Waals surface area contributed by atoms with Gasteiger partial charge in [-0.1, -0.05) is 6.08 Å². The predicted molar refractivity (Wildman–Crippen MR) is 46.1 cm³/mol. The van der Waals surface area contributed by atoms with E-state index < -0.39 is 17.3 Å². The highest BCUT2D eigenvalue weighted by Gasteiger charge is 2.73. The molecule has 0 aromatic heterocycles. The van der Waals surface area contributed by atoms with Crippen molar-refractivity contribution in [3.05, 3.63) is 12.7 Å². The van der Waals surface area contributed by atoms with E-state index in [2.05, 4.69) is 6.58 Å². The number of carbonyl (C=O) groups excluding carboxylic acids is 1. The summed E-state index contributed by atoms with van der Waals surface area (Å²) in [4.78, 5) is 22.3. The number of aliphatic carboxylic acids is 1. The molecule has 2 rings (SSSR count). The third-order valence-corrected chi connectivity index (χ3v) is 3.46. The number of hydrogen-bond donors (Lipinski definition) is 1. The van der Waals surface area contributed by atoms with Gasteiger partial charge in [-0.05, 0) is 18.8 Å². The maximum atomic E-state index is 11.5. The molecule has 0 bridgehead atoms. The number of allylic oxidation sites excluding steroid dienone is 1. The lowest BCUT2D eigenvalue weighted by molar-refractivity contribution is -0.142. The van der Waals surface area contributed by atoms with Crippen molar-refractivity contribution in [2.75, 3.05) is 0 Å². The Bertz CT molecular complexity index is 295. The molecular formula is C10H12O3. The Kier molecular flexibility index (Phi) is 1.59. The van der Waals surface area contributed by atoms with Gasteiger partial charge in [0.1, 0.15) is 5.78 Å². The summed E-state index contributed by atoms with van der Waals surface area (Å²) in [6.45, 7) is 3.58. The van der Waals surface area contributed by atoms with Crippen molar-refractivity contribution < 1.29 is 14.7 Å². The molecule has 3 atom stereocenters. The zero-order chi connectivity index (χ0) is 9.64. The highest BCUT2D eigenvalue weighted by atomic mass is 16.4. The van der Waals surface area contributed by atoms with E-state index in [0.717, 1.165) is 6.42 Å². The molecule has 0 radical (unpaired) electrons. The van der Waals surface area contributed by atoms with Gasteiger partial charge in [0.2, 0.25) is 0 Å². The Morgan fingerprint density at radius 1 is 1.77 bits per heavy atom. The number of fused-ring (bicyclic) bond motifs is 1. The van der Waals surface area contributed by atoms with Gasteiger partial charge in [0.15, 0.2) is 0 Å². The van der Waals surface area contributed by atoms with Crippen molar-refractivity contribution in [1.82, 2.24) is 0 Å². The Balaban J connectivity index is 2.26. The fraction of sp³-hybridized carbons (Fsp3) is 0.600. The van der Waals surface area contributed by atoms with Crippen molar-refractivity contribution >= 4 is 11.8 Å². The minimum absolute atomic E-state index is 0.0931. The van der Waals surface area contributed by atoms with Crippen LogP contribution in [0.3, 0.4) is 0 Å². The van der Waals surface area contributed by atoms with Gasteiger partial charge in [0, 0.05) is 11.8 Å². The quantitative estimate of drug-likeness (QED) is 0.665. The zero-order valence-electron chi connectivity index (χ0n) is 7.32. The molecule has 0 aromatic rings. The first-order chi connectivity index (χ1) is 6.14. The molecule has 2 fully saturated rings. The number of rotatable bonds is 3. The van der Waals surface area contributed by atoms with Crippen molar-refractivity contribution in [1.29, 1.82) is 0 Å². The monoisotopic (exact) mass is 180 g/mol. The van der Waals surface area contributed by atoms with Gasteiger partial charge in [-0.2, -0.15) is 0 Å². The van der Waals surface area contributed by atoms with Gasteiger partial charge >= 0.3 is 5.97 Å². The lowest BCUT2D eigenvalue weighted by Crippen LogP contribution is -2.18. The molecule has 13 heavy (non-hydrogen) atoms. The molecule has 2 aliphatic rings. The van der Waals surface area contributed by atoms with Crippen molar-refractivity contribution in [2.24, 2.45) is 17.3 Å². The highest BCUT2D eigenvalue weighted by Crippen LogP contribution is 2.68. The first-order valence-electron chi connectivity index (χ1n) is 4.51. The molecule has 0 unspecified atom stereocenters. The summed E-state index contributed by atoms with van der Waals surface area (Å²) >= 11 is 0. The largest absolute Gasteiger partial charge is 0.481 e. The summed E-state index contributed by atoms with van der Waals surface area (Å²) in [5.41, 5.74) is -0.548. The Labute approximate surface area is 76.4 Å². The maximum absolute atomic E-state index is 11.5. The van der Waals surface area contributed by atoms with Crippen molar-refractivity contribution in [3.8, 4) is 0 Å². The molecule has 2 aliphatic carbocycles. The average Bonchev–Trinajstić information content (AvgIpc) is 2.61. The number of hydrogen-bond acceptors (Lipinski definition) is 2. The SMILES string of the molecule is C=CC[C@@]12C(=O)CC[C@H]1[C@H]2C(=O)O. The number of carboxylic acid groups (broad SMARTS) is 1. The van der Waals surface area contributed by atoms with E-state index in [4.69, 9.17) is 5.11 Å². The fourth-order valence-corrected chi connectivity index (χ4v) is 2.87. The van der Waals surface area contributed by atoms with Crippen LogP contribution in [0.2, 0.25) is 0 Å². The molecule has 0 amide bonds. The second-order valence-electron chi connectivity index (χ2n) is 3.92. The minimum Gasteiger partial charge on any atom is -0.481 e. The lowest BCUT2D eigenvalue weighted by atomic mass is 9.94. The molecule has 0 heterocycles. The first kappa shape index (κ1) is 8.48. The van der Waals surface area contributed by atoms with Crippen LogP contribution in [-0.4, -0.2) is 16.9 Å². The minimum atomic E-state index is -0.820. The van der Waals surface area contributed by atoms with E-state index in [-0.39, 0.29) is 11.7 Å². The Hall–Kier alpha value is -1.12. The van der Waals surface area contributed by atoms with Crippen LogP contribution in [-0.2, 0) is 9.59 Å². The second kappa shape index (κ2) is 2.44. The number of carbonyl (C=O) groups is 2. The van der Waals surface area contributed by atoms with Gasteiger partial charge in [0.05, 0.1) is 5.92 Å². The first-order valence-corrected chi connectivity index (χ1v) is 4.51. The van der Waals surface area contributed by atoms with Gasteiger partial charge in [-0.25, -0.2) is 0 Å². The molecular weight excluding hydrogens is 168 g/mol. The predicted octanol–water partition coefficient (Wildman–Crippen LogP) is 1.24. The average molecular weight is 180 g/mol. The van der Waals surface area contributed by atoms with E-state index in [0.29, 0.717) is 12.8 Å². The molecule has 3 nitrogen and oxygen atoms in total. The summed E-state index contributed by atoms with van der Waals surface area (Å²) in [5.74, 6) is -1.02. The number of Topliss-reactive ketones (excluding diaryl/α,β-unsaturated/α-hetero) is 1. The molecule has 3 heteroatoms. The highest BCUT2D eigenvalue weighted by molar-refractivity contribution is 5.98. The Morgan fingerprint density at radius 2 is 2.46 bits per heavy atom. The molecule has 0 aliphatic heterocycles. The maximum Gasteiger partial charge on any atom is 0.307 e. The smallest absolute Gasteiger partial charge is 0.307 e. The summed E-state index contributed by atoms with van der Waals surface area (Å²) in [6, 6.07) is 0. The standard InChI is InChI=1S/C10H12O3/c1-2-5-10-6(3-4-7(10)11)8(10)9(12)13/h2,6,8H,1,3-5H2,(H,12,13)/t6-,8-,10-/m0/s1. The summed E-state index contributed by atoms with van der Waals surface area (Å²) in [7, 11) is 0. The molecule has 0 saturated heterocycles. The number of ketones is 1. The summed E-state index contributed by atoms with van der Waals surface area (Å²) < 4.78 is 0. The lowest BCUT2D eigenvalue weighted by Gasteiger charge is -2.08. The Morgan fingerprint density at radius 3 is 2.92 bits per heavy atom. The molecule has 2 saturated carbocycles. The van der Waals surface area contributed by atoms with Crippen LogP contribution in [0.1, 0.15) is 19.3 Å². The summed E-state index contributed by atoms with van der Waals surface area (Å²) in [5, 5.41) is 8.88. The van der Waals surface area contributed by atoms with Crippen LogP contribution < -0.4 is 0 Å².